The fourth-order valence-corrected chi connectivity index (χ4v) is 4.37. The number of hydrogen-bond donors (Lipinski definition) is 1. The molecular formula is C15H19BrN2O3. The second kappa shape index (κ2) is 5.57. The van der Waals surface area contributed by atoms with Crippen molar-refractivity contribution >= 4 is 21.6 Å². The van der Waals surface area contributed by atoms with E-state index in [2.05, 4.69) is 21.2 Å². The molecule has 114 valence electrons. The van der Waals surface area contributed by atoms with Gasteiger partial charge in [-0.15, -0.1) is 0 Å². The summed E-state index contributed by atoms with van der Waals surface area (Å²) >= 11 is 3.31. The SMILES string of the molecule is CNC1CC(Oc2cc(Br)cc([N+](=O)[O-])c2)C12CCCC2. The maximum atomic E-state index is 10.9. The number of benzene rings is 1. The van der Waals surface area contributed by atoms with Crippen LogP contribution in [0.4, 0.5) is 5.69 Å². The van der Waals surface area contributed by atoms with Gasteiger partial charge in [0.1, 0.15) is 11.9 Å². The molecule has 2 atom stereocenters. The lowest BCUT2D eigenvalue weighted by molar-refractivity contribution is -0.385. The molecule has 0 aliphatic heterocycles. The molecule has 2 unspecified atom stereocenters. The highest BCUT2D eigenvalue weighted by molar-refractivity contribution is 9.10. The fraction of sp³-hybridized carbons (Fsp3) is 0.600. The van der Waals surface area contributed by atoms with Crippen LogP contribution in [-0.4, -0.2) is 24.1 Å². The first-order valence-corrected chi connectivity index (χ1v) is 8.13. The van der Waals surface area contributed by atoms with Crippen LogP contribution in [0.1, 0.15) is 32.1 Å². The van der Waals surface area contributed by atoms with Crippen molar-refractivity contribution in [2.45, 2.75) is 44.2 Å². The number of nitrogens with one attached hydrogen (secondary N) is 1. The fourth-order valence-electron chi connectivity index (χ4n) is 3.91. The Bertz CT molecular complexity index is 558. The van der Waals surface area contributed by atoms with Gasteiger partial charge in [-0.25, -0.2) is 0 Å². The maximum Gasteiger partial charge on any atom is 0.274 e. The van der Waals surface area contributed by atoms with Gasteiger partial charge in [0.25, 0.3) is 5.69 Å². The third-order valence-corrected chi connectivity index (χ3v) is 5.47. The van der Waals surface area contributed by atoms with E-state index in [0.29, 0.717) is 16.3 Å². The number of nitrogens with zero attached hydrogens (tertiary/aromatic N) is 1. The van der Waals surface area contributed by atoms with Gasteiger partial charge in [-0.3, -0.25) is 10.1 Å². The molecule has 1 N–H and O–H groups in total. The average Bonchev–Trinajstić information content (AvgIpc) is 2.94. The standard InChI is InChI=1S/C15H19BrN2O3/c1-17-13-9-14(15(13)4-2-3-5-15)21-12-7-10(16)6-11(8-12)18(19)20/h6-8,13-14,17H,2-5,9H2,1H3. The van der Waals surface area contributed by atoms with Crippen LogP contribution in [0, 0.1) is 15.5 Å². The molecule has 1 aromatic rings. The molecule has 0 saturated heterocycles. The summed E-state index contributed by atoms with van der Waals surface area (Å²) in [5.41, 5.74) is 0.274. The molecule has 2 saturated carbocycles. The Morgan fingerprint density at radius 2 is 2.10 bits per heavy atom. The van der Waals surface area contributed by atoms with Crippen LogP contribution in [0.15, 0.2) is 22.7 Å². The first kappa shape index (κ1) is 14.8. The molecular weight excluding hydrogens is 336 g/mol. The zero-order valence-corrected chi connectivity index (χ0v) is 13.6. The van der Waals surface area contributed by atoms with E-state index in [0.717, 1.165) is 6.42 Å². The second-order valence-corrected chi connectivity index (χ2v) is 6.94. The zero-order chi connectivity index (χ0) is 15.0. The molecule has 1 spiro atoms. The monoisotopic (exact) mass is 354 g/mol. The first-order chi connectivity index (χ1) is 10.0. The largest absolute Gasteiger partial charge is 0.489 e. The third-order valence-electron chi connectivity index (χ3n) is 5.01. The summed E-state index contributed by atoms with van der Waals surface area (Å²) in [6, 6.07) is 5.32. The van der Waals surface area contributed by atoms with Crippen LogP contribution in [0.5, 0.6) is 5.75 Å². The number of halogens is 1. The van der Waals surface area contributed by atoms with E-state index in [1.54, 1.807) is 0 Å². The van der Waals surface area contributed by atoms with Crippen molar-refractivity contribution in [1.82, 2.24) is 5.32 Å². The van der Waals surface area contributed by atoms with E-state index < -0.39 is 0 Å². The van der Waals surface area contributed by atoms with Gasteiger partial charge in [-0.1, -0.05) is 28.8 Å². The van der Waals surface area contributed by atoms with E-state index in [-0.39, 0.29) is 22.1 Å². The summed E-state index contributed by atoms with van der Waals surface area (Å²) < 4.78 is 6.79. The summed E-state index contributed by atoms with van der Waals surface area (Å²) in [4.78, 5) is 10.6. The Hall–Kier alpha value is -1.14. The topological polar surface area (TPSA) is 64.4 Å². The van der Waals surface area contributed by atoms with Crippen molar-refractivity contribution in [3.8, 4) is 5.75 Å². The molecule has 0 aromatic heterocycles. The number of rotatable bonds is 4. The lowest BCUT2D eigenvalue weighted by Crippen LogP contribution is -2.63. The van der Waals surface area contributed by atoms with Gasteiger partial charge in [-0.2, -0.15) is 0 Å². The first-order valence-electron chi connectivity index (χ1n) is 7.34. The van der Waals surface area contributed by atoms with E-state index in [9.17, 15) is 10.1 Å². The summed E-state index contributed by atoms with van der Waals surface area (Å²) in [7, 11) is 2.00. The van der Waals surface area contributed by atoms with Gasteiger partial charge < -0.3 is 10.1 Å². The number of non-ortho nitro benzene ring substituents is 1. The zero-order valence-electron chi connectivity index (χ0n) is 12.0. The van der Waals surface area contributed by atoms with Crippen molar-refractivity contribution in [3.63, 3.8) is 0 Å². The normalized spacial score (nSPS) is 26.6. The van der Waals surface area contributed by atoms with Gasteiger partial charge in [-0.05, 0) is 26.0 Å². The van der Waals surface area contributed by atoms with Crippen molar-refractivity contribution in [2.24, 2.45) is 5.41 Å². The quantitative estimate of drug-likeness (QED) is 0.661. The predicted octanol–water partition coefficient (Wildman–Crippen LogP) is 3.66. The number of nitro groups is 1. The highest BCUT2D eigenvalue weighted by Crippen LogP contribution is 2.54. The summed E-state index contributed by atoms with van der Waals surface area (Å²) in [6.07, 6.45) is 5.98. The van der Waals surface area contributed by atoms with Gasteiger partial charge in [0.2, 0.25) is 0 Å². The van der Waals surface area contributed by atoms with E-state index in [4.69, 9.17) is 4.74 Å². The summed E-state index contributed by atoms with van der Waals surface area (Å²) in [5.74, 6) is 0.585. The van der Waals surface area contributed by atoms with Crippen molar-refractivity contribution < 1.29 is 9.66 Å². The van der Waals surface area contributed by atoms with Gasteiger partial charge >= 0.3 is 0 Å². The highest BCUT2D eigenvalue weighted by Gasteiger charge is 2.57. The second-order valence-electron chi connectivity index (χ2n) is 6.03. The van der Waals surface area contributed by atoms with Gasteiger partial charge in [0.05, 0.1) is 11.0 Å². The van der Waals surface area contributed by atoms with Crippen LogP contribution in [0.3, 0.4) is 0 Å². The smallest absolute Gasteiger partial charge is 0.274 e. The minimum absolute atomic E-state index is 0.0596. The van der Waals surface area contributed by atoms with Crippen molar-refractivity contribution in [1.29, 1.82) is 0 Å². The maximum absolute atomic E-state index is 10.9. The molecule has 2 aliphatic carbocycles. The molecule has 6 heteroatoms. The number of hydrogen-bond acceptors (Lipinski definition) is 4. The van der Waals surface area contributed by atoms with Crippen LogP contribution < -0.4 is 10.1 Å². The average molecular weight is 355 g/mol. The summed E-state index contributed by atoms with van der Waals surface area (Å²) in [5, 5.41) is 14.3. The molecule has 0 bridgehead atoms. The third kappa shape index (κ3) is 2.55. The Morgan fingerprint density at radius 1 is 1.38 bits per heavy atom. The van der Waals surface area contributed by atoms with Crippen LogP contribution in [0.2, 0.25) is 0 Å². The van der Waals surface area contributed by atoms with E-state index in [1.807, 2.05) is 13.1 Å². The Labute approximate surface area is 132 Å². The molecule has 0 radical (unpaired) electrons. The van der Waals surface area contributed by atoms with Crippen molar-refractivity contribution in [3.05, 3.63) is 32.8 Å². The lowest BCUT2D eigenvalue weighted by Gasteiger charge is -2.53. The highest BCUT2D eigenvalue weighted by atomic mass is 79.9. The summed E-state index contributed by atoms with van der Waals surface area (Å²) in [6.45, 7) is 0. The number of nitro benzene ring substituents is 1. The van der Waals surface area contributed by atoms with Gasteiger partial charge in [0, 0.05) is 28.4 Å². The van der Waals surface area contributed by atoms with Gasteiger partial charge in [0.15, 0.2) is 0 Å². The van der Waals surface area contributed by atoms with Crippen molar-refractivity contribution in [2.75, 3.05) is 7.05 Å². The minimum Gasteiger partial charge on any atom is -0.489 e. The lowest BCUT2D eigenvalue weighted by atomic mass is 9.60. The van der Waals surface area contributed by atoms with E-state index >= 15 is 0 Å². The molecule has 5 nitrogen and oxygen atoms in total. The molecule has 0 amide bonds. The van der Waals surface area contributed by atoms with Crippen LogP contribution in [-0.2, 0) is 0 Å². The molecule has 3 rings (SSSR count). The van der Waals surface area contributed by atoms with E-state index in [1.165, 1.54) is 37.8 Å². The molecule has 0 heterocycles. The molecule has 1 aromatic carbocycles. The molecule has 2 fully saturated rings. The Kier molecular flexibility index (Phi) is 3.92. The minimum atomic E-state index is -0.389. The van der Waals surface area contributed by atoms with Crippen LogP contribution in [0.25, 0.3) is 0 Å². The Balaban J connectivity index is 1.79. The van der Waals surface area contributed by atoms with Crippen LogP contribution >= 0.6 is 15.9 Å². The molecule has 21 heavy (non-hydrogen) atoms. The predicted molar refractivity (Wildman–Crippen MR) is 83.6 cm³/mol. The number of ether oxygens (including phenoxy) is 1. The Morgan fingerprint density at radius 3 is 2.71 bits per heavy atom. The molecule has 2 aliphatic rings.